The Hall–Kier alpha value is -1.15. The molecule has 0 atom stereocenters. The fourth-order valence-electron chi connectivity index (χ4n) is 2.77. The summed E-state index contributed by atoms with van der Waals surface area (Å²) in [5.41, 5.74) is 5.47. The lowest BCUT2D eigenvalue weighted by Gasteiger charge is -2.28. The molecule has 130 valence electrons. The lowest BCUT2D eigenvalue weighted by molar-refractivity contribution is -0.122. The first kappa shape index (κ1) is 19.9. The van der Waals surface area contributed by atoms with Crippen LogP contribution in [-0.4, -0.2) is 33.0 Å². The van der Waals surface area contributed by atoms with E-state index in [1.807, 2.05) is 0 Å². The molecule has 1 fully saturated rings. The highest BCUT2D eigenvalue weighted by atomic mass is 35.5. The van der Waals surface area contributed by atoms with E-state index in [1.54, 1.807) is 18.2 Å². The van der Waals surface area contributed by atoms with Gasteiger partial charge in [-0.15, -0.1) is 12.4 Å². The van der Waals surface area contributed by atoms with Crippen molar-refractivity contribution in [2.24, 2.45) is 5.73 Å². The quantitative estimate of drug-likeness (QED) is 0.678. The SMILES string of the molecule is Cl.NCC1(NC(=O)CCNS(=O)(=O)c2ccccc2)CCCC1. The third kappa shape index (κ3) is 5.46. The second-order valence-electron chi connectivity index (χ2n) is 5.70. The molecule has 0 aliphatic heterocycles. The van der Waals surface area contributed by atoms with E-state index in [1.165, 1.54) is 12.1 Å². The summed E-state index contributed by atoms with van der Waals surface area (Å²) in [5.74, 6) is -0.164. The molecular formula is C15H24ClN3O3S. The van der Waals surface area contributed by atoms with Crippen LogP contribution >= 0.6 is 12.4 Å². The van der Waals surface area contributed by atoms with Crippen molar-refractivity contribution in [1.29, 1.82) is 0 Å². The Morgan fingerprint density at radius 2 is 1.78 bits per heavy atom. The summed E-state index contributed by atoms with van der Waals surface area (Å²) >= 11 is 0. The molecule has 4 N–H and O–H groups in total. The van der Waals surface area contributed by atoms with Crippen LogP contribution < -0.4 is 15.8 Å². The predicted molar refractivity (Wildman–Crippen MR) is 91.9 cm³/mol. The number of rotatable bonds is 7. The summed E-state index contributed by atoms with van der Waals surface area (Å²) in [7, 11) is -3.56. The number of hydrogen-bond donors (Lipinski definition) is 3. The van der Waals surface area contributed by atoms with Crippen LogP contribution in [0.15, 0.2) is 35.2 Å². The molecule has 23 heavy (non-hydrogen) atoms. The van der Waals surface area contributed by atoms with Crippen molar-refractivity contribution in [3.05, 3.63) is 30.3 Å². The molecule has 0 radical (unpaired) electrons. The van der Waals surface area contributed by atoms with Gasteiger partial charge in [-0.1, -0.05) is 31.0 Å². The van der Waals surface area contributed by atoms with Crippen LogP contribution in [0.2, 0.25) is 0 Å². The zero-order valence-corrected chi connectivity index (χ0v) is 14.6. The number of carbonyl (C=O) groups is 1. The molecule has 0 saturated heterocycles. The van der Waals surface area contributed by atoms with Gasteiger partial charge in [0.2, 0.25) is 15.9 Å². The minimum atomic E-state index is -3.56. The molecule has 1 aromatic carbocycles. The highest BCUT2D eigenvalue weighted by Gasteiger charge is 2.33. The second kappa shape index (κ2) is 8.63. The topological polar surface area (TPSA) is 101 Å². The average Bonchev–Trinajstić information content (AvgIpc) is 2.97. The molecule has 0 unspecified atom stereocenters. The number of amides is 1. The molecule has 1 aliphatic rings. The number of sulfonamides is 1. The zero-order chi connectivity index (χ0) is 16.1. The summed E-state index contributed by atoms with van der Waals surface area (Å²) in [6.45, 7) is 0.498. The standard InChI is InChI=1S/C15H23N3O3S.ClH/c16-12-15(9-4-5-10-15)18-14(19)8-11-17-22(20,21)13-6-2-1-3-7-13;/h1-3,6-7,17H,4-5,8-12,16H2,(H,18,19);1H. The second-order valence-corrected chi connectivity index (χ2v) is 7.47. The maximum Gasteiger partial charge on any atom is 0.240 e. The Balaban J connectivity index is 0.00000264. The molecule has 1 amide bonds. The van der Waals surface area contributed by atoms with E-state index in [0.717, 1.165) is 25.7 Å². The van der Waals surface area contributed by atoms with Gasteiger partial charge in [0.15, 0.2) is 0 Å². The van der Waals surface area contributed by atoms with Gasteiger partial charge in [0.1, 0.15) is 0 Å². The lowest BCUT2D eigenvalue weighted by atomic mass is 9.97. The average molecular weight is 362 g/mol. The minimum absolute atomic E-state index is 0. The summed E-state index contributed by atoms with van der Waals surface area (Å²) in [6.07, 6.45) is 4.03. The van der Waals surface area contributed by atoms with Crippen molar-refractivity contribution < 1.29 is 13.2 Å². The van der Waals surface area contributed by atoms with Crippen molar-refractivity contribution >= 4 is 28.3 Å². The Labute approximate surface area is 143 Å². The monoisotopic (exact) mass is 361 g/mol. The Morgan fingerprint density at radius 1 is 1.17 bits per heavy atom. The molecule has 1 aliphatic carbocycles. The largest absolute Gasteiger partial charge is 0.349 e. The highest BCUT2D eigenvalue weighted by Crippen LogP contribution is 2.28. The number of nitrogens with one attached hydrogen (secondary N) is 2. The molecule has 0 heterocycles. The van der Waals surface area contributed by atoms with Crippen LogP contribution in [0.25, 0.3) is 0 Å². The third-order valence-electron chi connectivity index (χ3n) is 4.05. The fraction of sp³-hybridized carbons (Fsp3) is 0.533. The van der Waals surface area contributed by atoms with E-state index in [0.29, 0.717) is 6.54 Å². The van der Waals surface area contributed by atoms with Gasteiger partial charge >= 0.3 is 0 Å². The van der Waals surface area contributed by atoms with E-state index < -0.39 is 10.0 Å². The molecule has 6 nitrogen and oxygen atoms in total. The number of benzene rings is 1. The van der Waals surface area contributed by atoms with Crippen LogP contribution in [0.1, 0.15) is 32.1 Å². The van der Waals surface area contributed by atoms with Crippen molar-refractivity contribution in [2.75, 3.05) is 13.1 Å². The van der Waals surface area contributed by atoms with Crippen LogP contribution in [0.4, 0.5) is 0 Å². The van der Waals surface area contributed by atoms with Gasteiger partial charge in [-0.2, -0.15) is 0 Å². The molecule has 1 aromatic rings. The molecule has 0 aromatic heterocycles. The maximum atomic E-state index is 12.0. The number of hydrogen-bond acceptors (Lipinski definition) is 4. The molecule has 1 saturated carbocycles. The predicted octanol–water partition coefficient (Wildman–Crippen LogP) is 1.16. The number of nitrogens with two attached hydrogens (primary N) is 1. The molecule has 0 bridgehead atoms. The molecular weight excluding hydrogens is 338 g/mol. The van der Waals surface area contributed by atoms with E-state index in [9.17, 15) is 13.2 Å². The van der Waals surface area contributed by atoms with Crippen LogP contribution in [0.5, 0.6) is 0 Å². The van der Waals surface area contributed by atoms with Crippen LogP contribution in [0.3, 0.4) is 0 Å². The van der Waals surface area contributed by atoms with Crippen molar-refractivity contribution in [3.63, 3.8) is 0 Å². The first-order valence-corrected chi connectivity index (χ1v) is 9.02. The summed E-state index contributed by atoms with van der Waals surface area (Å²) in [6, 6.07) is 8.10. The van der Waals surface area contributed by atoms with Crippen molar-refractivity contribution in [3.8, 4) is 0 Å². The molecule has 8 heteroatoms. The Kier molecular flexibility index (Phi) is 7.47. The normalized spacial score (nSPS) is 16.6. The summed E-state index contributed by atoms with van der Waals surface area (Å²) in [4.78, 5) is 12.2. The van der Waals surface area contributed by atoms with Gasteiger partial charge in [0.05, 0.1) is 10.4 Å². The molecule has 2 rings (SSSR count). The Bertz CT molecular complexity index is 602. The van der Waals surface area contributed by atoms with Gasteiger partial charge in [0.25, 0.3) is 0 Å². The Morgan fingerprint density at radius 3 is 2.35 bits per heavy atom. The van der Waals surface area contributed by atoms with Crippen molar-refractivity contribution in [2.45, 2.75) is 42.5 Å². The lowest BCUT2D eigenvalue weighted by Crippen LogP contribution is -2.52. The maximum absolute atomic E-state index is 12.0. The first-order chi connectivity index (χ1) is 10.5. The van der Waals surface area contributed by atoms with E-state index in [4.69, 9.17) is 5.73 Å². The number of halogens is 1. The number of carbonyl (C=O) groups excluding carboxylic acids is 1. The van der Waals surface area contributed by atoms with Crippen LogP contribution in [-0.2, 0) is 14.8 Å². The van der Waals surface area contributed by atoms with E-state index in [2.05, 4.69) is 10.0 Å². The van der Waals surface area contributed by atoms with Gasteiger partial charge in [-0.05, 0) is 25.0 Å². The summed E-state index contributed by atoms with van der Waals surface area (Å²) in [5, 5.41) is 2.97. The van der Waals surface area contributed by atoms with Gasteiger partial charge in [-0.3, -0.25) is 4.79 Å². The van der Waals surface area contributed by atoms with E-state index >= 15 is 0 Å². The van der Waals surface area contributed by atoms with Crippen molar-refractivity contribution in [1.82, 2.24) is 10.0 Å². The smallest absolute Gasteiger partial charge is 0.240 e. The summed E-state index contributed by atoms with van der Waals surface area (Å²) < 4.78 is 26.5. The highest BCUT2D eigenvalue weighted by molar-refractivity contribution is 7.89. The fourth-order valence-corrected chi connectivity index (χ4v) is 3.82. The zero-order valence-electron chi connectivity index (χ0n) is 13.0. The van der Waals surface area contributed by atoms with Gasteiger partial charge in [0, 0.05) is 19.5 Å². The first-order valence-electron chi connectivity index (χ1n) is 7.53. The van der Waals surface area contributed by atoms with Gasteiger partial charge in [-0.25, -0.2) is 13.1 Å². The van der Waals surface area contributed by atoms with Gasteiger partial charge < -0.3 is 11.1 Å². The third-order valence-corrected chi connectivity index (χ3v) is 5.53. The van der Waals surface area contributed by atoms with Crippen LogP contribution in [0, 0.1) is 0 Å². The van der Waals surface area contributed by atoms with E-state index in [-0.39, 0.29) is 41.7 Å². The minimum Gasteiger partial charge on any atom is -0.349 e. The molecule has 0 spiro atoms.